The van der Waals surface area contributed by atoms with Gasteiger partial charge in [0.05, 0.1) is 0 Å². The van der Waals surface area contributed by atoms with Crippen molar-refractivity contribution >= 4 is 11.6 Å². The van der Waals surface area contributed by atoms with E-state index in [-0.39, 0.29) is 11.3 Å². The second kappa shape index (κ2) is 6.78. The molecule has 1 aliphatic rings. The van der Waals surface area contributed by atoms with Gasteiger partial charge in [-0.2, -0.15) is 0 Å². The van der Waals surface area contributed by atoms with Gasteiger partial charge in [0.1, 0.15) is 0 Å². The Bertz CT molecular complexity index is 433. The molecule has 3 nitrogen and oxygen atoms in total. The third kappa shape index (κ3) is 3.99. The molecule has 1 aromatic rings. The van der Waals surface area contributed by atoms with E-state index in [0.29, 0.717) is 0 Å². The number of anilines is 1. The Labute approximate surface area is 122 Å². The number of nitrogens with one attached hydrogen (secondary N) is 2. The molecule has 2 N–H and O–H groups in total. The maximum Gasteiger partial charge on any atom is 0.251 e. The first-order valence-corrected chi connectivity index (χ1v) is 7.75. The van der Waals surface area contributed by atoms with Crippen LogP contribution in [0.25, 0.3) is 0 Å². The lowest BCUT2D eigenvalue weighted by atomic mass is 9.76. The molecule has 1 amide bonds. The third-order valence-corrected chi connectivity index (χ3v) is 4.26. The summed E-state index contributed by atoms with van der Waals surface area (Å²) in [5.41, 5.74) is 2.09. The van der Waals surface area contributed by atoms with Crippen LogP contribution < -0.4 is 10.6 Å². The van der Waals surface area contributed by atoms with Gasteiger partial charge in [-0.25, -0.2) is 0 Å². The molecule has 20 heavy (non-hydrogen) atoms. The summed E-state index contributed by atoms with van der Waals surface area (Å²) < 4.78 is 0. The monoisotopic (exact) mass is 274 g/mol. The topological polar surface area (TPSA) is 41.1 Å². The minimum Gasteiger partial charge on any atom is -0.385 e. The van der Waals surface area contributed by atoms with E-state index in [0.717, 1.165) is 24.3 Å². The standard InChI is InChI=1S/C17H26N2O/c1-3-18-15-9-7-14(8-10-15)16(20)19-13-17(2)11-5-4-6-12-17/h7-10,18H,3-6,11-13H2,1-2H3,(H,19,20). The zero-order valence-electron chi connectivity index (χ0n) is 12.7. The Hall–Kier alpha value is -1.51. The molecular formula is C17H26N2O. The lowest BCUT2D eigenvalue weighted by molar-refractivity contribution is 0.0919. The van der Waals surface area contributed by atoms with Gasteiger partial charge in [0, 0.05) is 24.3 Å². The van der Waals surface area contributed by atoms with Crippen molar-refractivity contribution in [1.82, 2.24) is 5.32 Å². The molecule has 0 radical (unpaired) electrons. The van der Waals surface area contributed by atoms with E-state index in [1.54, 1.807) is 0 Å². The van der Waals surface area contributed by atoms with Crippen LogP contribution in [0.3, 0.4) is 0 Å². The number of rotatable bonds is 5. The fourth-order valence-electron chi connectivity index (χ4n) is 2.92. The van der Waals surface area contributed by atoms with Gasteiger partial charge in [-0.3, -0.25) is 4.79 Å². The first-order chi connectivity index (χ1) is 9.63. The van der Waals surface area contributed by atoms with Crippen molar-refractivity contribution in [1.29, 1.82) is 0 Å². The Balaban J connectivity index is 1.87. The summed E-state index contributed by atoms with van der Waals surface area (Å²) in [6, 6.07) is 7.69. The highest BCUT2D eigenvalue weighted by Crippen LogP contribution is 2.34. The van der Waals surface area contributed by atoms with Crippen molar-refractivity contribution in [3.63, 3.8) is 0 Å². The van der Waals surface area contributed by atoms with Gasteiger partial charge in [0.2, 0.25) is 0 Å². The molecule has 1 aromatic carbocycles. The van der Waals surface area contributed by atoms with Gasteiger partial charge in [0.25, 0.3) is 5.91 Å². The highest BCUT2D eigenvalue weighted by atomic mass is 16.1. The molecule has 0 unspecified atom stereocenters. The second-order valence-electron chi connectivity index (χ2n) is 6.16. The Morgan fingerprint density at radius 1 is 1.15 bits per heavy atom. The van der Waals surface area contributed by atoms with Crippen molar-refractivity contribution in [2.24, 2.45) is 5.41 Å². The zero-order valence-corrected chi connectivity index (χ0v) is 12.7. The average Bonchev–Trinajstić information content (AvgIpc) is 2.47. The van der Waals surface area contributed by atoms with Gasteiger partial charge in [0.15, 0.2) is 0 Å². The van der Waals surface area contributed by atoms with E-state index >= 15 is 0 Å². The van der Waals surface area contributed by atoms with E-state index in [9.17, 15) is 4.79 Å². The van der Waals surface area contributed by atoms with Crippen LogP contribution in [0.5, 0.6) is 0 Å². The first-order valence-electron chi connectivity index (χ1n) is 7.75. The van der Waals surface area contributed by atoms with Crippen LogP contribution in [0.15, 0.2) is 24.3 Å². The van der Waals surface area contributed by atoms with Gasteiger partial charge in [-0.1, -0.05) is 26.2 Å². The summed E-state index contributed by atoms with van der Waals surface area (Å²) in [5, 5.41) is 6.33. The largest absolute Gasteiger partial charge is 0.385 e. The minimum atomic E-state index is 0.0415. The van der Waals surface area contributed by atoms with Crippen molar-refractivity contribution in [2.75, 3.05) is 18.4 Å². The smallest absolute Gasteiger partial charge is 0.251 e. The van der Waals surface area contributed by atoms with Crippen molar-refractivity contribution in [3.05, 3.63) is 29.8 Å². The SMILES string of the molecule is CCNc1ccc(C(=O)NCC2(C)CCCCC2)cc1. The number of carbonyl (C=O) groups is 1. The number of benzene rings is 1. The molecule has 2 rings (SSSR count). The number of carbonyl (C=O) groups excluding carboxylic acids is 1. The predicted molar refractivity (Wildman–Crippen MR) is 84.1 cm³/mol. The first kappa shape index (κ1) is 14.9. The molecule has 0 spiro atoms. The maximum atomic E-state index is 12.2. The van der Waals surface area contributed by atoms with Crippen LogP contribution in [-0.2, 0) is 0 Å². The van der Waals surface area contributed by atoms with E-state index in [1.165, 1.54) is 32.1 Å². The van der Waals surface area contributed by atoms with Gasteiger partial charge in [-0.05, 0) is 49.4 Å². The lowest BCUT2D eigenvalue weighted by Crippen LogP contribution is -2.37. The quantitative estimate of drug-likeness (QED) is 0.857. The zero-order chi connectivity index (χ0) is 14.4. The van der Waals surface area contributed by atoms with Crippen LogP contribution in [-0.4, -0.2) is 19.0 Å². The minimum absolute atomic E-state index is 0.0415. The Morgan fingerprint density at radius 2 is 1.80 bits per heavy atom. The van der Waals surface area contributed by atoms with Crippen LogP contribution in [0.1, 0.15) is 56.3 Å². The summed E-state index contributed by atoms with van der Waals surface area (Å²) in [7, 11) is 0. The van der Waals surface area contributed by atoms with Gasteiger partial charge in [-0.15, -0.1) is 0 Å². The van der Waals surface area contributed by atoms with Crippen molar-refractivity contribution < 1.29 is 4.79 Å². The van der Waals surface area contributed by atoms with Gasteiger partial charge < -0.3 is 10.6 Å². The number of hydrogen-bond donors (Lipinski definition) is 2. The average molecular weight is 274 g/mol. The molecular weight excluding hydrogens is 248 g/mol. The molecule has 0 saturated heterocycles. The van der Waals surface area contributed by atoms with Gasteiger partial charge >= 0.3 is 0 Å². The maximum absolute atomic E-state index is 12.2. The fourth-order valence-corrected chi connectivity index (χ4v) is 2.92. The number of amides is 1. The summed E-state index contributed by atoms with van der Waals surface area (Å²) in [6.45, 7) is 6.04. The van der Waals surface area contributed by atoms with Crippen molar-refractivity contribution in [2.45, 2.75) is 46.0 Å². The predicted octanol–water partition coefficient (Wildman–Crippen LogP) is 3.82. The Kier molecular flexibility index (Phi) is 5.05. The molecule has 0 aromatic heterocycles. The molecule has 0 heterocycles. The van der Waals surface area contributed by atoms with Crippen LogP contribution in [0.2, 0.25) is 0 Å². The molecule has 0 aliphatic heterocycles. The number of hydrogen-bond acceptors (Lipinski definition) is 2. The third-order valence-electron chi connectivity index (χ3n) is 4.26. The molecule has 1 saturated carbocycles. The molecule has 3 heteroatoms. The van der Waals surface area contributed by atoms with E-state index in [1.807, 2.05) is 24.3 Å². The van der Waals surface area contributed by atoms with E-state index in [4.69, 9.17) is 0 Å². The molecule has 1 aliphatic carbocycles. The van der Waals surface area contributed by atoms with Crippen molar-refractivity contribution in [3.8, 4) is 0 Å². The molecule has 0 bridgehead atoms. The van der Waals surface area contributed by atoms with E-state index in [2.05, 4.69) is 24.5 Å². The van der Waals surface area contributed by atoms with Crippen LogP contribution in [0.4, 0.5) is 5.69 Å². The molecule has 1 fully saturated rings. The summed E-state index contributed by atoms with van der Waals surface area (Å²) in [4.78, 5) is 12.2. The highest BCUT2D eigenvalue weighted by molar-refractivity contribution is 5.94. The summed E-state index contributed by atoms with van der Waals surface area (Å²) in [5.74, 6) is 0.0415. The lowest BCUT2D eigenvalue weighted by Gasteiger charge is -2.33. The second-order valence-corrected chi connectivity index (χ2v) is 6.16. The molecule has 110 valence electrons. The summed E-state index contributed by atoms with van der Waals surface area (Å²) in [6.07, 6.45) is 6.39. The highest BCUT2D eigenvalue weighted by Gasteiger charge is 2.27. The van der Waals surface area contributed by atoms with E-state index < -0.39 is 0 Å². The van der Waals surface area contributed by atoms with Crippen LogP contribution in [0, 0.1) is 5.41 Å². The Morgan fingerprint density at radius 3 is 2.40 bits per heavy atom. The van der Waals surface area contributed by atoms with Crippen LogP contribution >= 0.6 is 0 Å². The normalized spacial score (nSPS) is 17.5. The fraction of sp³-hybridized carbons (Fsp3) is 0.588. The molecule has 0 atom stereocenters. The summed E-state index contributed by atoms with van der Waals surface area (Å²) >= 11 is 0.